The monoisotopic (exact) mass is 418 g/mol. The van der Waals surface area contributed by atoms with E-state index >= 15 is 0 Å². The SMILES string of the molecule is C=CCn1c(=NC(=O)c2cc(C)n(C(C)C)n2)sc2cc(Br)ccc21. The third kappa shape index (κ3) is 3.52. The highest BCUT2D eigenvalue weighted by Crippen LogP contribution is 2.22. The summed E-state index contributed by atoms with van der Waals surface area (Å²) in [5.41, 5.74) is 2.35. The number of aromatic nitrogens is 3. The first-order chi connectivity index (χ1) is 11.9. The maximum atomic E-state index is 12.6. The standard InChI is InChI=1S/C18H19BrN4OS/c1-5-8-22-15-7-6-13(19)10-16(15)25-18(22)20-17(24)14-9-12(4)23(21-14)11(2)3/h5-7,9-11H,1,8H2,2-4H3. The van der Waals surface area contributed by atoms with Crippen molar-refractivity contribution in [2.75, 3.05) is 0 Å². The number of benzene rings is 1. The summed E-state index contributed by atoms with van der Waals surface area (Å²) in [5, 5.41) is 4.39. The molecule has 0 aliphatic carbocycles. The van der Waals surface area contributed by atoms with Crippen LogP contribution in [0.15, 0.2) is 46.4 Å². The van der Waals surface area contributed by atoms with E-state index in [9.17, 15) is 4.79 Å². The molecule has 2 aromatic heterocycles. The number of hydrogen-bond donors (Lipinski definition) is 0. The minimum Gasteiger partial charge on any atom is -0.312 e. The Labute approximate surface area is 158 Å². The lowest BCUT2D eigenvalue weighted by molar-refractivity contribution is 0.0992. The van der Waals surface area contributed by atoms with Gasteiger partial charge in [0.1, 0.15) is 0 Å². The Morgan fingerprint density at radius 2 is 2.20 bits per heavy atom. The Balaban J connectivity index is 2.11. The number of nitrogens with zero attached hydrogens (tertiary/aromatic N) is 4. The fraction of sp³-hybridized carbons (Fsp3) is 0.278. The number of hydrogen-bond acceptors (Lipinski definition) is 3. The summed E-state index contributed by atoms with van der Waals surface area (Å²) in [6.45, 7) is 10.4. The van der Waals surface area contributed by atoms with E-state index in [4.69, 9.17) is 0 Å². The zero-order valence-electron chi connectivity index (χ0n) is 14.4. The van der Waals surface area contributed by atoms with Crippen LogP contribution in [0.4, 0.5) is 0 Å². The third-order valence-corrected chi connectivity index (χ3v) is 5.32. The van der Waals surface area contributed by atoms with Crippen LogP contribution >= 0.6 is 27.3 Å². The minimum atomic E-state index is -0.328. The summed E-state index contributed by atoms with van der Waals surface area (Å²) in [6, 6.07) is 8.01. The minimum absolute atomic E-state index is 0.203. The highest BCUT2D eigenvalue weighted by atomic mass is 79.9. The van der Waals surface area contributed by atoms with Crippen molar-refractivity contribution in [3.05, 3.63) is 57.6 Å². The Morgan fingerprint density at radius 3 is 2.84 bits per heavy atom. The fourth-order valence-electron chi connectivity index (χ4n) is 2.70. The molecule has 7 heteroatoms. The smallest absolute Gasteiger partial charge is 0.300 e. The number of aryl methyl sites for hydroxylation is 1. The molecule has 0 spiro atoms. The van der Waals surface area contributed by atoms with Crippen LogP contribution in [0, 0.1) is 6.92 Å². The van der Waals surface area contributed by atoms with Crippen LogP contribution < -0.4 is 4.80 Å². The summed E-state index contributed by atoms with van der Waals surface area (Å²) in [5.74, 6) is -0.328. The molecule has 0 saturated heterocycles. The van der Waals surface area contributed by atoms with Crippen molar-refractivity contribution in [3.63, 3.8) is 0 Å². The summed E-state index contributed by atoms with van der Waals surface area (Å²) in [4.78, 5) is 17.6. The molecular weight excluding hydrogens is 400 g/mol. The molecule has 0 bridgehead atoms. The molecule has 0 unspecified atom stereocenters. The molecule has 0 atom stereocenters. The van der Waals surface area contributed by atoms with Crippen molar-refractivity contribution in [1.29, 1.82) is 0 Å². The van der Waals surface area contributed by atoms with Gasteiger partial charge in [0, 0.05) is 22.8 Å². The maximum absolute atomic E-state index is 12.6. The molecule has 0 fully saturated rings. The van der Waals surface area contributed by atoms with E-state index in [1.165, 1.54) is 11.3 Å². The van der Waals surface area contributed by atoms with Crippen molar-refractivity contribution in [1.82, 2.24) is 14.3 Å². The summed E-state index contributed by atoms with van der Waals surface area (Å²) >= 11 is 4.97. The van der Waals surface area contributed by atoms with Gasteiger partial charge in [0.2, 0.25) is 0 Å². The summed E-state index contributed by atoms with van der Waals surface area (Å²) in [6.07, 6.45) is 1.80. The number of carbonyl (C=O) groups excluding carboxylic acids is 1. The zero-order valence-corrected chi connectivity index (χ0v) is 16.8. The lowest BCUT2D eigenvalue weighted by Crippen LogP contribution is -2.16. The number of halogens is 1. The molecule has 3 rings (SSSR count). The van der Waals surface area contributed by atoms with Crippen molar-refractivity contribution >= 4 is 43.4 Å². The quantitative estimate of drug-likeness (QED) is 0.586. The molecule has 1 amide bonds. The van der Waals surface area contributed by atoms with Crippen LogP contribution in [-0.4, -0.2) is 20.3 Å². The molecule has 1 aromatic carbocycles. The molecule has 25 heavy (non-hydrogen) atoms. The number of allylic oxidation sites excluding steroid dienone is 1. The van der Waals surface area contributed by atoms with Gasteiger partial charge in [-0.15, -0.1) is 6.58 Å². The number of thiazole rings is 1. The van der Waals surface area contributed by atoms with Gasteiger partial charge >= 0.3 is 0 Å². The van der Waals surface area contributed by atoms with Crippen molar-refractivity contribution < 1.29 is 4.79 Å². The highest BCUT2D eigenvalue weighted by molar-refractivity contribution is 9.10. The number of amides is 1. The first kappa shape index (κ1) is 17.8. The third-order valence-electron chi connectivity index (χ3n) is 3.78. The van der Waals surface area contributed by atoms with Gasteiger partial charge in [-0.1, -0.05) is 33.3 Å². The van der Waals surface area contributed by atoms with E-state index < -0.39 is 0 Å². The average molecular weight is 419 g/mol. The van der Waals surface area contributed by atoms with E-state index in [2.05, 4.69) is 32.6 Å². The topological polar surface area (TPSA) is 52.2 Å². The molecule has 0 saturated carbocycles. The summed E-state index contributed by atoms with van der Waals surface area (Å²) in [7, 11) is 0. The van der Waals surface area contributed by atoms with Gasteiger partial charge in [-0.2, -0.15) is 10.1 Å². The number of fused-ring (bicyclic) bond motifs is 1. The van der Waals surface area contributed by atoms with Crippen LogP contribution in [-0.2, 0) is 6.54 Å². The van der Waals surface area contributed by atoms with Crippen molar-refractivity contribution in [2.45, 2.75) is 33.4 Å². The fourth-order valence-corrected chi connectivity index (χ4v) is 4.29. The molecule has 0 aliphatic rings. The second-order valence-corrected chi connectivity index (χ2v) is 7.95. The van der Waals surface area contributed by atoms with Crippen LogP contribution in [0.3, 0.4) is 0 Å². The lowest BCUT2D eigenvalue weighted by atomic mass is 10.3. The van der Waals surface area contributed by atoms with Gasteiger partial charge in [-0.25, -0.2) is 0 Å². The molecule has 130 valence electrons. The van der Waals surface area contributed by atoms with E-state index in [1.54, 1.807) is 12.1 Å². The molecule has 3 aromatic rings. The van der Waals surface area contributed by atoms with Gasteiger partial charge < -0.3 is 4.57 Å². The predicted octanol–water partition coefficient (Wildman–Crippen LogP) is 4.48. The second kappa shape index (κ2) is 7.09. The van der Waals surface area contributed by atoms with E-state index in [0.29, 0.717) is 17.0 Å². The van der Waals surface area contributed by atoms with E-state index in [1.807, 2.05) is 48.2 Å². The molecule has 0 radical (unpaired) electrons. The van der Waals surface area contributed by atoms with Crippen LogP contribution in [0.5, 0.6) is 0 Å². The average Bonchev–Trinajstić information content (AvgIpc) is 3.09. The molecule has 5 nitrogen and oxygen atoms in total. The Bertz CT molecular complexity index is 1030. The first-order valence-electron chi connectivity index (χ1n) is 7.95. The van der Waals surface area contributed by atoms with E-state index in [-0.39, 0.29) is 11.9 Å². The summed E-state index contributed by atoms with van der Waals surface area (Å²) < 4.78 is 5.88. The Morgan fingerprint density at radius 1 is 1.44 bits per heavy atom. The lowest BCUT2D eigenvalue weighted by Gasteiger charge is -2.06. The Kier molecular flexibility index (Phi) is 5.06. The molecule has 0 aliphatic heterocycles. The molecule has 2 heterocycles. The van der Waals surface area contributed by atoms with Crippen LogP contribution in [0.2, 0.25) is 0 Å². The largest absolute Gasteiger partial charge is 0.312 e. The van der Waals surface area contributed by atoms with Crippen LogP contribution in [0.1, 0.15) is 36.1 Å². The van der Waals surface area contributed by atoms with Gasteiger partial charge in [-0.05, 0) is 45.0 Å². The van der Waals surface area contributed by atoms with E-state index in [0.717, 1.165) is 20.4 Å². The second-order valence-electron chi connectivity index (χ2n) is 6.02. The zero-order chi connectivity index (χ0) is 18.1. The van der Waals surface area contributed by atoms with Gasteiger partial charge in [0.25, 0.3) is 5.91 Å². The van der Waals surface area contributed by atoms with Gasteiger partial charge in [0.15, 0.2) is 10.5 Å². The maximum Gasteiger partial charge on any atom is 0.300 e. The van der Waals surface area contributed by atoms with Crippen molar-refractivity contribution in [3.8, 4) is 0 Å². The van der Waals surface area contributed by atoms with Gasteiger partial charge in [-0.3, -0.25) is 9.48 Å². The molecular formula is C18H19BrN4OS. The first-order valence-corrected chi connectivity index (χ1v) is 9.56. The van der Waals surface area contributed by atoms with Gasteiger partial charge in [0.05, 0.1) is 10.2 Å². The van der Waals surface area contributed by atoms with Crippen molar-refractivity contribution in [2.24, 2.45) is 4.99 Å². The number of rotatable bonds is 4. The predicted molar refractivity (Wildman–Crippen MR) is 105 cm³/mol. The molecule has 0 N–H and O–H groups in total. The number of carbonyl (C=O) groups is 1. The Hall–Kier alpha value is -1.99. The van der Waals surface area contributed by atoms with Crippen LogP contribution in [0.25, 0.3) is 10.2 Å². The highest BCUT2D eigenvalue weighted by Gasteiger charge is 2.14. The normalized spacial score (nSPS) is 12.3.